The minimum Gasteiger partial charge on any atom is -0.354 e. The maximum absolute atomic E-state index is 12.8. The lowest BCUT2D eigenvalue weighted by Gasteiger charge is -2.06. The molecule has 3 N–H and O–H groups in total. The molecule has 3 aromatic carbocycles. The van der Waals surface area contributed by atoms with Crippen molar-refractivity contribution in [1.29, 1.82) is 0 Å². The maximum atomic E-state index is 12.8. The Bertz CT molecular complexity index is 2720. The van der Waals surface area contributed by atoms with E-state index in [9.17, 15) is 20.2 Å². The van der Waals surface area contributed by atoms with Crippen LogP contribution in [0.15, 0.2) is 97.1 Å². The average Bonchev–Trinajstić information content (AvgIpc) is 3.90. The molecule has 7 aromatic rings. The second-order valence-corrected chi connectivity index (χ2v) is 12.8. The van der Waals surface area contributed by atoms with Crippen LogP contribution in [0.1, 0.15) is 33.6 Å². The third kappa shape index (κ3) is 4.99. The molecule has 0 radical (unpaired) electrons. The van der Waals surface area contributed by atoms with Gasteiger partial charge in [-0.3, -0.25) is 20.2 Å². The van der Waals surface area contributed by atoms with Gasteiger partial charge in [-0.2, -0.15) is 0 Å². The maximum Gasteiger partial charge on any atom is 0.299 e. The Morgan fingerprint density at radius 2 is 0.941 bits per heavy atom. The van der Waals surface area contributed by atoms with Gasteiger partial charge in [0.1, 0.15) is 5.52 Å². The van der Waals surface area contributed by atoms with Crippen LogP contribution in [-0.4, -0.2) is 29.8 Å². The molecule has 51 heavy (non-hydrogen) atoms. The van der Waals surface area contributed by atoms with E-state index in [2.05, 4.69) is 40.9 Å². The number of benzene rings is 3. The van der Waals surface area contributed by atoms with E-state index in [-0.39, 0.29) is 28.1 Å². The molecule has 1 aliphatic heterocycles. The summed E-state index contributed by atoms with van der Waals surface area (Å²) in [7, 11) is 0. The van der Waals surface area contributed by atoms with Gasteiger partial charge in [-0.15, -0.1) is 0 Å². The van der Waals surface area contributed by atoms with Gasteiger partial charge in [-0.05, 0) is 66.6 Å². The molecule has 4 aromatic heterocycles. The highest BCUT2D eigenvalue weighted by Gasteiger charge is 2.30. The number of aromatic nitrogens is 4. The van der Waals surface area contributed by atoms with Crippen molar-refractivity contribution in [3.05, 3.63) is 151 Å². The van der Waals surface area contributed by atoms with Crippen molar-refractivity contribution in [2.75, 3.05) is 0 Å². The molecule has 1 aliphatic rings. The van der Waals surface area contributed by atoms with Gasteiger partial charge in [0.2, 0.25) is 0 Å². The van der Waals surface area contributed by atoms with Crippen LogP contribution < -0.4 is 0 Å². The van der Waals surface area contributed by atoms with Crippen LogP contribution in [0.2, 0.25) is 0 Å². The normalized spacial score (nSPS) is 12.0. The van der Waals surface area contributed by atoms with E-state index in [0.29, 0.717) is 22.3 Å². The minimum atomic E-state index is -0.490. The molecule has 10 nitrogen and oxygen atoms in total. The largest absolute Gasteiger partial charge is 0.354 e. The number of aryl methyl sites for hydroxylation is 4. The standard InChI is InChI=1S/C41H32N6O4/c1-22-23(2)37-34(27-16-10-6-11-17-27)38-24(3)25(4)39(45-38)35(28-18-12-7-13-19-28)41-32(47(50)51)21-30(43-41)40-31(46(48)49)20-29(42-40)33(36(22)44-37)26-14-8-5-9-15-26/h5-21,43-45H,1-4H3. The van der Waals surface area contributed by atoms with Gasteiger partial charge < -0.3 is 15.0 Å². The molecule has 0 saturated carbocycles. The Kier molecular flexibility index (Phi) is 7.37. The summed E-state index contributed by atoms with van der Waals surface area (Å²) in [4.78, 5) is 40.2. The van der Waals surface area contributed by atoms with E-state index in [4.69, 9.17) is 4.98 Å². The minimum absolute atomic E-state index is 0.0119. The van der Waals surface area contributed by atoms with Gasteiger partial charge >= 0.3 is 0 Å². The van der Waals surface area contributed by atoms with Crippen LogP contribution in [0.3, 0.4) is 0 Å². The fourth-order valence-electron chi connectivity index (χ4n) is 7.22. The van der Waals surface area contributed by atoms with Crippen LogP contribution in [0.5, 0.6) is 0 Å². The van der Waals surface area contributed by atoms with E-state index in [0.717, 1.165) is 61.1 Å². The molecule has 0 saturated heterocycles. The molecule has 0 unspecified atom stereocenters. The smallest absolute Gasteiger partial charge is 0.299 e. The van der Waals surface area contributed by atoms with Gasteiger partial charge in [0.05, 0.1) is 43.1 Å². The quantitative estimate of drug-likeness (QED) is 0.123. The average molecular weight is 673 g/mol. The van der Waals surface area contributed by atoms with Gasteiger partial charge in [0.15, 0.2) is 5.69 Å². The topological polar surface area (TPSA) is 147 Å². The van der Waals surface area contributed by atoms with Crippen molar-refractivity contribution in [3.63, 3.8) is 0 Å². The van der Waals surface area contributed by atoms with Crippen molar-refractivity contribution in [2.45, 2.75) is 27.7 Å². The first-order valence-electron chi connectivity index (χ1n) is 16.5. The Morgan fingerprint density at radius 1 is 0.529 bits per heavy atom. The van der Waals surface area contributed by atoms with Crippen molar-refractivity contribution in [3.8, 4) is 33.4 Å². The fourth-order valence-corrected chi connectivity index (χ4v) is 7.22. The second kappa shape index (κ2) is 12.0. The SMILES string of the molecule is Cc1c(C)c2[nH]c1c(-c1ccccc1)c1nc(c3cc([N+](=O)[O-])c([nH]3)c(-c3ccccc3)c3[nH]c(c(C)c3C)c2-c2ccccc2)C([N+](=O)[O-])=C1. The first-order valence-corrected chi connectivity index (χ1v) is 16.5. The molecule has 10 heteroatoms. The molecular formula is C41H32N6O4. The predicted octanol–water partition coefficient (Wildman–Crippen LogP) is 10.4. The monoisotopic (exact) mass is 672 g/mol. The number of rotatable bonds is 5. The highest BCUT2D eigenvalue weighted by atomic mass is 16.6. The zero-order valence-electron chi connectivity index (χ0n) is 28.3. The van der Waals surface area contributed by atoms with Crippen LogP contribution in [-0.2, 0) is 0 Å². The molecular weight excluding hydrogens is 640 g/mol. The van der Waals surface area contributed by atoms with E-state index in [1.54, 1.807) is 0 Å². The van der Waals surface area contributed by atoms with Gasteiger partial charge in [-0.25, -0.2) is 4.98 Å². The highest BCUT2D eigenvalue weighted by Crippen LogP contribution is 2.43. The summed E-state index contributed by atoms with van der Waals surface area (Å²) in [6.07, 6.45) is 1.46. The Balaban J connectivity index is 1.73. The molecule has 0 fully saturated rings. The summed E-state index contributed by atoms with van der Waals surface area (Å²) in [5.74, 6) is 0. The van der Waals surface area contributed by atoms with Crippen LogP contribution >= 0.6 is 0 Å². The molecule has 250 valence electrons. The molecule has 0 atom stereocenters. The number of hydrogen-bond donors (Lipinski definition) is 3. The molecule has 0 spiro atoms. The second-order valence-electron chi connectivity index (χ2n) is 12.8. The van der Waals surface area contributed by atoms with Crippen molar-refractivity contribution in [2.24, 2.45) is 0 Å². The van der Waals surface area contributed by atoms with Crippen LogP contribution in [0, 0.1) is 47.9 Å². The molecule has 0 amide bonds. The zero-order chi connectivity index (χ0) is 35.6. The Hall–Kier alpha value is -6.81. The molecule has 0 aliphatic carbocycles. The lowest BCUT2D eigenvalue weighted by Crippen LogP contribution is -1.95. The lowest BCUT2D eigenvalue weighted by molar-refractivity contribution is -0.382. The van der Waals surface area contributed by atoms with E-state index < -0.39 is 9.85 Å². The highest BCUT2D eigenvalue weighted by molar-refractivity contribution is 6.06. The lowest BCUT2D eigenvalue weighted by atomic mass is 9.99. The van der Waals surface area contributed by atoms with Gasteiger partial charge in [0, 0.05) is 28.8 Å². The van der Waals surface area contributed by atoms with Gasteiger partial charge in [-0.1, -0.05) is 91.0 Å². The number of nitrogens with one attached hydrogen (secondary N) is 3. The number of nitro groups is 2. The summed E-state index contributed by atoms with van der Waals surface area (Å²) in [5, 5.41) is 25.5. The summed E-state index contributed by atoms with van der Waals surface area (Å²) >= 11 is 0. The first-order chi connectivity index (χ1) is 24.6. The number of nitrogens with zero attached hydrogens (tertiary/aromatic N) is 3. The number of fused-ring (bicyclic) bond motifs is 9. The van der Waals surface area contributed by atoms with Gasteiger partial charge in [0.25, 0.3) is 11.4 Å². The summed E-state index contributed by atoms with van der Waals surface area (Å²) in [6.45, 7) is 8.17. The summed E-state index contributed by atoms with van der Waals surface area (Å²) in [6, 6.07) is 30.5. The van der Waals surface area contributed by atoms with Crippen molar-refractivity contribution < 1.29 is 9.85 Å². The van der Waals surface area contributed by atoms with E-state index in [1.807, 2.05) is 92.7 Å². The fraction of sp³-hybridized carbons (Fsp3) is 0.0976. The van der Waals surface area contributed by atoms with E-state index >= 15 is 0 Å². The third-order valence-electron chi connectivity index (χ3n) is 10.0. The van der Waals surface area contributed by atoms with Crippen molar-refractivity contribution >= 4 is 50.6 Å². The number of H-pyrrole nitrogens is 3. The molecule has 8 rings (SSSR count). The molecule has 8 bridgehead atoms. The summed E-state index contributed by atoms with van der Waals surface area (Å²) < 4.78 is 0. The van der Waals surface area contributed by atoms with Crippen LogP contribution in [0.25, 0.3) is 78.3 Å². The number of hydrogen-bond acceptors (Lipinski definition) is 5. The van der Waals surface area contributed by atoms with Crippen LogP contribution in [0.4, 0.5) is 5.69 Å². The summed E-state index contributed by atoms with van der Waals surface area (Å²) in [5.41, 5.74) is 12.0. The third-order valence-corrected chi connectivity index (χ3v) is 10.0. The predicted molar refractivity (Wildman–Crippen MR) is 203 cm³/mol. The number of aromatic amines is 3. The first kappa shape index (κ1) is 31.5. The van der Waals surface area contributed by atoms with Crippen molar-refractivity contribution in [1.82, 2.24) is 19.9 Å². The van der Waals surface area contributed by atoms with E-state index in [1.165, 1.54) is 12.1 Å². The Morgan fingerprint density at radius 3 is 1.37 bits per heavy atom. The molecule has 5 heterocycles. The zero-order valence-corrected chi connectivity index (χ0v) is 28.3. The Labute approximate surface area is 291 Å².